The van der Waals surface area contributed by atoms with Gasteiger partial charge in [-0.15, -0.1) is 0 Å². The molecule has 1 fully saturated rings. The molecule has 2 amide bonds. The third-order valence-electron chi connectivity index (χ3n) is 4.50. The van der Waals surface area contributed by atoms with E-state index in [1.165, 1.54) is 12.1 Å². The number of nitrogens with one attached hydrogen (secondary N) is 2. The second kappa shape index (κ2) is 12.2. The van der Waals surface area contributed by atoms with Crippen LogP contribution in [0.3, 0.4) is 0 Å². The Balaban J connectivity index is 1.96. The van der Waals surface area contributed by atoms with Gasteiger partial charge in [-0.1, -0.05) is 37.0 Å². The Morgan fingerprint density at radius 2 is 1.88 bits per heavy atom. The van der Waals surface area contributed by atoms with Crippen LogP contribution >= 0.6 is 23.2 Å². The van der Waals surface area contributed by atoms with Crippen molar-refractivity contribution in [2.75, 3.05) is 6.54 Å². The molecule has 180 valence electrons. The van der Waals surface area contributed by atoms with E-state index in [2.05, 4.69) is 10.6 Å². The average molecular weight is 501 g/mol. The Labute approximate surface area is 202 Å². The van der Waals surface area contributed by atoms with Crippen molar-refractivity contribution >= 4 is 54.1 Å². The van der Waals surface area contributed by atoms with E-state index in [4.69, 9.17) is 37.2 Å². The molecule has 1 aromatic rings. The monoisotopic (exact) mass is 500 g/mol. The smallest absolute Gasteiger partial charge is 0.506 e. The molecule has 0 aliphatic carbocycles. The Morgan fingerprint density at radius 1 is 1.18 bits per heavy atom. The number of halogens is 2. The summed E-state index contributed by atoms with van der Waals surface area (Å²) < 4.78 is 15.9. The predicted octanol–water partition coefficient (Wildman–Crippen LogP) is 2.57. The molecule has 9 nitrogen and oxygen atoms in total. The van der Waals surface area contributed by atoms with E-state index >= 15 is 0 Å². The van der Waals surface area contributed by atoms with Gasteiger partial charge >= 0.3 is 19.1 Å². The van der Waals surface area contributed by atoms with Crippen LogP contribution in [0.4, 0.5) is 0 Å². The SMILES string of the molecule is CC(C)C[C@H](NC(=O)CNC(=O)c1cc(Cl)ccc1Cl)B1OC(=O)C(CC(=O)OC(C)C)O1. The van der Waals surface area contributed by atoms with Gasteiger partial charge in [0.1, 0.15) is 0 Å². The highest BCUT2D eigenvalue weighted by Crippen LogP contribution is 2.21. The quantitative estimate of drug-likeness (QED) is 0.374. The van der Waals surface area contributed by atoms with Gasteiger partial charge in [0.25, 0.3) is 5.91 Å². The molecule has 1 aromatic carbocycles. The summed E-state index contributed by atoms with van der Waals surface area (Å²) >= 11 is 11.9. The van der Waals surface area contributed by atoms with Crippen LogP contribution in [0.2, 0.25) is 10.0 Å². The lowest BCUT2D eigenvalue weighted by Crippen LogP contribution is -2.50. The lowest BCUT2D eigenvalue weighted by Gasteiger charge is -2.21. The van der Waals surface area contributed by atoms with E-state index in [0.29, 0.717) is 11.4 Å². The van der Waals surface area contributed by atoms with Crippen LogP contribution in [0.15, 0.2) is 18.2 Å². The van der Waals surface area contributed by atoms with E-state index in [1.54, 1.807) is 19.9 Å². The van der Waals surface area contributed by atoms with Gasteiger partial charge in [0.15, 0.2) is 6.10 Å². The van der Waals surface area contributed by atoms with Crippen molar-refractivity contribution in [1.29, 1.82) is 0 Å². The lowest BCUT2D eigenvalue weighted by molar-refractivity contribution is -0.152. The van der Waals surface area contributed by atoms with Crippen LogP contribution in [0, 0.1) is 5.92 Å². The molecule has 2 N–H and O–H groups in total. The molecule has 0 radical (unpaired) electrons. The molecule has 0 bridgehead atoms. The van der Waals surface area contributed by atoms with Crippen LogP contribution in [-0.4, -0.2) is 55.6 Å². The van der Waals surface area contributed by atoms with Crippen molar-refractivity contribution in [1.82, 2.24) is 10.6 Å². The molecule has 2 atom stereocenters. The fourth-order valence-corrected chi connectivity index (χ4v) is 3.51. The number of hydrogen-bond donors (Lipinski definition) is 2. The number of hydrogen-bond acceptors (Lipinski definition) is 7. The van der Waals surface area contributed by atoms with Gasteiger partial charge in [0, 0.05) is 5.02 Å². The van der Waals surface area contributed by atoms with Gasteiger partial charge in [0.2, 0.25) is 5.91 Å². The highest BCUT2D eigenvalue weighted by atomic mass is 35.5. The first kappa shape index (κ1) is 27.0. The molecule has 1 unspecified atom stereocenters. The largest absolute Gasteiger partial charge is 0.552 e. The number of carbonyl (C=O) groups is 4. The molecular formula is C21H27BCl2N2O7. The van der Waals surface area contributed by atoms with Crippen LogP contribution in [0.1, 0.15) is 50.9 Å². The number of rotatable bonds is 10. The molecule has 1 heterocycles. The molecule has 0 aromatic heterocycles. The van der Waals surface area contributed by atoms with Crippen molar-refractivity contribution in [3.05, 3.63) is 33.8 Å². The van der Waals surface area contributed by atoms with Gasteiger partial charge in [-0.05, 0) is 44.4 Å². The highest BCUT2D eigenvalue weighted by molar-refractivity contribution is 6.51. The van der Waals surface area contributed by atoms with E-state index < -0.39 is 42.9 Å². The highest BCUT2D eigenvalue weighted by Gasteiger charge is 2.47. The molecular weight excluding hydrogens is 474 g/mol. The topological polar surface area (TPSA) is 120 Å². The van der Waals surface area contributed by atoms with Crippen LogP contribution < -0.4 is 10.6 Å². The molecule has 12 heteroatoms. The maximum atomic E-state index is 12.5. The zero-order chi connectivity index (χ0) is 24.7. The fraction of sp³-hybridized carbons (Fsp3) is 0.524. The van der Waals surface area contributed by atoms with Gasteiger partial charge in [0.05, 0.1) is 35.6 Å². The van der Waals surface area contributed by atoms with Crippen molar-refractivity contribution < 1.29 is 33.2 Å². The summed E-state index contributed by atoms with van der Waals surface area (Å²) in [6.07, 6.45) is -1.29. The van der Waals surface area contributed by atoms with Crippen molar-refractivity contribution in [2.45, 2.75) is 58.7 Å². The Morgan fingerprint density at radius 3 is 2.52 bits per heavy atom. The number of esters is 1. The Kier molecular flexibility index (Phi) is 10.0. The van der Waals surface area contributed by atoms with Crippen molar-refractivity contribution in [2.24, 2.45) is 5.92 Å². The summed E-state index contributed by atoms with van der Waals surface area (Å²) in [5, 5.41) is 5.72. The maximum Gasteiger partial charge on any atom is 0.552 e. The molecule has 1 aliphatic rings. The zero-order valence-corrected chi connectivity index (χ0v) is 20.4. The Hall–Kier alpha value is -2.30. The number of ether oxygens (including phenoxy) is 1. The molecule has 0 spiro atoms. The summed E-state index contributed by atoms with van der Waals surface area (Å²) in [5.74, 6) is -2.92. The van der Waals surface area contributed by atoms with Crippen LogP contribution in [0.25, 0.3) is 0 Å². The first-order valence-corrected chi connectivity index (χ1v) is 11.3. The minimum atomic E-state index is -1.11. The van der Waals surface area contributed by atoms with E-state index in [9.17, 15) is 19.2 Å². The molecule has 1 aliphatic heterocycles. The van der Waals surface area contributed by atoms with E-state index in [1.807, 2.05) is 13.8 Å². The van der Waals surface area contributed by atoms with Crippen molar-refractivity contribution in [3.8, 4) is 0 Å². The van der Waals surface area contributed by atoms with Gasteiger partial charge < -0.3 is 24.7 Å². The summed E-state index contributed by atoms with van der Waals surface area (Å²) in [6, 6.07) is 4.42. The van der Waals surface area contributed by atoms with E-state index in [0.717, 1.165) is 0 Å². The third-order valence-corrected chi connectivity index (χ3v) is 5.06. The van der Waals surface area contributed by atoms with Gasteiger partial charge in [-0.3, -0.25) is 19.2 Å². The first-order valence-electron chi connectivity index (χ1n) is 10.5. The third kappa shape index (κ3) is 8.53. The molecule has 0 saturated carbocycles. The minimum Gasteiger partial charge on any atom is -0.506 e. The maximum absolute atomic E-state index is 12.5. The summed E-state index contributed by atoms with van der Waals surface area (Å²) in [7, 11) is -1.07. The standard InChI is InChI=1S/C21H27BCl2N2O7/c1-11(2)7-17(22-32-16(21(30)33-22)9-19(28)31-12(3)4)26-18(27)10-25-20(29)14-8-13(23)5-6-15(14)24/h5-6,8,11-12,16-17H,7,9-10H2,1-4H3,(H,25,29)(H,26,27)/t16?,17-/m0/s1. The fourth-order valence-electron chi connectivity index (χ4n) is 3.14. The summed E-state index contributed by atoms with van der Waals surface area (Å²) in [6.45, 7) is 6.90. The predicted molar refractivity (Wildman–Crippen MR) is 123 cm³/mol. The number of carbonyl (C=O) groups excluding carboxylic acids is 4. The summed E-state index contributed by atoms with van der Waals surface area (Å²) in [5.41, 5.74) is 0.139. The van der Waals surface area contributed by atoms with Crippen LogP contribution in [-0.2, 0) is 28.4 Å². The summed E-state index contributed by atoms with van der Waals surface area (Å²) in [4.78, 5) is 48.8. The second-order valence-corrected chi connectivity index (χ2v) is 9.13. The number of amides is 2. The average Bonchev–Trinajstić information content (AvgIpc) is 3.06. The Bertz CT molecular complexity index is 897. The molecule has 2 rings (SSSR count). The molecule has 33 heavy (non-hydrogen) atoms. The second-order valence-electron chi connectivity index (χ2n) is 8.28. The first-order chi connectivity index (χ1) is 15.5. The van der Waals surface area contributed by atoms with Crippen molar-refractivity contribution in [3.63, 3.8) is 0 Å². The normalized spacial score (nSPS) is 16.5. The van der Waals surface area contributed by atoms with Gasteiger partial charge in [-0.2, -0.15) is 0 Å². The van der Waals surface area contributed by atoms with Crippen LogP contribution in [0.5, 0.6) is 0 Å². The number of benzene rings is 1. The van der Waals surface area contributed by atoms with E-state index in [-0.39, 0.29) is 35.6 Å². The zero-order valence-electron chi connectivity index (χ0n) is 18.9. The lowest BCUT2D eigenvalue weighted by atomic mass is 9.74. The minimum absolute atomic E-state index is 0.127. The van der Waals surface area contributed by atoms with Gasteiger partial charge in [-0.25, -0.2) is 0 Å². The molecule has 1 saturated heterocycles.